The highest BCUT2D eigenvalue weighted by atomic mass is 32.2. The van der Waals surface area contributed by atoms with E-state index >= 15 is 0 Å². The van der Waals surface area contributed by atoms with Crippen LogP contribution in [-0.4, -0.2) is 63.8 Å². The molecule has 0 saturated carbocycles. The first-order valence-electron chi connectivity index (χ1n) is 8.13. The van der Waals surface area contributed by atoms with Gasteiger partial charge in [-0.15, -0.1) is 0 Å². The maximum absolute atomic E-state index is 11.8. The van der Waals surface area contributed by atoms with Crippen molar-refractivity contribution in [3.8, 4) is 0 Å². The van der Waals surface area contributed by atoms with Gasteiger partial charge in [0.2, 0.25) is 0 Å². The number of aliphatic hydroxyl groups excluding tert-OH is 1. The predicted octanol–water partition coefficient (Wildman–Crippen LogP) is 0.0841. The summed E-state index contributed by atoms with van der Waals surface area (Å²) in [7, 11) is 0. The second-order valence-electron chi connectivity index (χ2n) is 6.23. The second-order valence-corrected chi connectivity index (χ2v) is 7.38. The fourth-order valence-electron chi connectivity index (χ4n) is 3.25. The maximum Gasteiger partial charge on any atom is 0.254 e. The summed E-state index contributed by atoms with van der Waals surface area (Å²) < 4.78 is 0. The van der Waals surface area contributed by atoms with Gasteiger partial charge in [-0.2, -0.15) is 11.8 Å². The minimum atomic E-state index is -0.269. The number of likely N-dealkylation sites (tertiary alicyclic amines) is 1. The molecule has 126 valence electrons. The van der Waals surface area contributed by atoms with Crippen LogP contribution >= 0.6 is 11.8 Å². The third-order valence-corrected chi connectivity index (χ3v) is 5.75. The standard InChI is InChI=1S/C16H24N4O2S/c17-4-1-5-23-9-12-7-20(8-14(12)21)6-11-2-3-13-15(11)18-10-19-16(13)22/h2,10,12,14,21H,1,3-9,17H2,(H,18,19,22)/t12-,14+/m1/s1. The number of aromatic amines is 1. The SMILES string of the molecule is NCCCSC[C@H]1CN(CC2=CCc3c2nc[nH]c3=O)C[C@@H]1O. The van der Waals surface area contributed by atoms with Crippen molar-refractivity contribution in [3.05, 3.63) is 34.0 Å². The van der Waals surface area contributed by atoms with Crippen LogP contribution in [0.1, 0.15) is 17.7 Å². The molecule has 2 aliphatic rings. The van der Waals surface area contributed by atoms with Crippen LogP contribution in [0.2, 0.25) is 0 Å². The van der Waals surface area contributed by atoms with Gasteiger partial charge in [-0.1, -0.05) is 6.08 Å². The van der Waals surface area contributed by atoms with Crippen molar-refractivity contribution in [1.29, 1.82) is 0 Å². The smallest absolute Gasteiger partial charge is 0.254 e. The monoisotopic (exact) mass is 336 g/mol. The highest BCUT2D eigenvalue weighted by Crippen LogP contribution is 2.27. The lowest BCUT2D eigenvalue weighted by Gasteiger charge is -2.16. The number of hydrogen-bond acceptors (Lipinski definition) is 6. The molecule has 0 bridgehead atoms. The lowest BCUT2D eigenvalue weighted by Crippen LogP contribution is -2.24. The summed E-state index contributed by atoms with van der Waals surface area (Å²) in [5.74, 6) is 2.35. The van der Waals surface area contributed by atoms with E-state index in [1.807, 2.05) is 11.8 Å². The molecule has 2 heterocycles. The van der Waals surface area contributed by atoms with E-state index in [4.69, 9.17) is 5.73 Å². The van der Waals surface area contributed by atoms with E-state index in [1.165, 1.54) is 6.33 Å². The van der Waals surface area contributed by atoms with Crippen molar-refractivity contribution in [2.45, 2.75) is 18.9 Å². The van der Waals surface area contributed by atoms with Crippen LogP contribution in [0.5, 0.6) is 0 Å². The van der Waals surface area contributed by atoms with E-state index in [0.29, 0.717) is 18.9 Å². The first-order chi connectivity index (χ1) is 11.2. The summed E-state index contributed by atoms with van der Waals surface area (Å²) >= 11 is 1.88. The highest BCUT2D eigenvalue weighted by Gasteiger charge is 2.32. The van der Waals surface area contributed by atoms with Crippen molar-refractivity contribution >= 4 is 17.3 Å². The molecule has 2 atom stereocenters. The average Bonchev–Trinajstić information content (AvgIpc) is 3.09. The molecule has 7 heteroatoms. The molecule has 4 N–H and O–H groups in total. The van der Waals surface area contributed by atoms with Crippen LogP contribution in [0.15, 0.2) is 17.2 Å². The molecule has 0 spiro atoms. The summed E-state index contributed by atoms with van der Waals surface area (Å²) in [6, 6.07) is 0. The Balaban J connectivity index is 1.55. The lowest BCUT2D eigenvalue weighted by molar-refractivity contribution is 0.151. The van der Waals surface area contributed by atoms with Gasteiger partial charge < -0.3 is 15.8 Å². The number of aromatic nitrogens is 2. The average molecular weight is 336 g/mol. The number of thioether (sulfide) groups is 1. The summed E-state index contributed by atoms with van der Waals surface area (Å²) in [4.78, 5) is 21.0. The predicted molar refractivity (Wildman–Crippen MR) is 93.5 cm³/mol. The van der Waals surface area contributed by atoms with E-state index in [9.17, 15) is 9.90 Å². The number of H-pyrrole nitrogens is 1. The number of hydrogen-bond donors (Lipinski definition) is 3. The Kier molecular flexibility index (Phi) is 5.53. The van der Waals surface area contributed by atoms with Crippen molar-refractivity contribution in [2.75, 3.05) is 37.7 Å². The van der Waals surface area contributed by atoms with E-state index in [1.54, 1.807) is 0 Å². The molecule has 1 aliphatic heterocycles. The summed E-state index contributed by atoms with van der Waals surface area (Å²) in [6.07, 6.45) is 4.97. The van der Waals surface area contributed by atoms with Crippen LogP contribution in [0.4, 0.5) is 0 Å². The third kappa shape index (κ3) is 3.85. The van der Waals surface area contributed by atoms with Crippen molar-refractivity contribution in [2.24, 2.45) is 11.7 Å². The molecule has 1 saturated heterocycles. The molecule has 1 aliphatic carbocycles. The molecule has 23 heavy (non-hydrogen) atoms. The van der Waals surface area contributed by atoms with Gasteiger partial charge in [0.15, 0.2) is 0 Å². The molecule has 3 rings (SSSR count). The first kappa shape index (κ1) is 16.7. The molecule has 0 radical (unpaired) electrons. The zero-order valence-corrected chi connectivity index (χ0v) is 14.0. The van der Waals surface area contributed by atoms with Crippen molar-refractivity contribution in [3.63, 3.8) is 0 Å². The fourth-order valence-corrected chi connectivity index (χ4v) is 4.42. The minimum absolute atomic E-state index is 0.0445. The number of nitrogens with zero attached hydrogens (tertiary/aromatic N) is 2. The van der Waals surface area contributed by atoms with E-state index in [0.717, 1.165) is 54.4 Å². The van der Waals surface area contributed by atoms with E-state index < -0.39 is 0 Å². The van der Waals surface area contributed by atoms with Crippen molar-refractivity contribution in [1.82, 2.24) is 14.9 Å². The Morgan fingerprint density at radius 3 is 3.17 bits per heavy atom. The number of aliphatic hydroxyl groups is 1. The van der Waals surface area contributed by atoms with Gasteiger partial charge in [0.1, 0.15) is 0 Å². The zero-order valence-electron chi connectivity index (χ0n) is 13.2. The molecule has 1 aromatic heterocycles. The zero-order chi connectivity index (χ0) is 16.2. The van der Waals surface area contributed by atoms with Gasteiger partial charge in [-0.3, -0.25) is 9.69 Å². The van der Waals surface area contributed by atoms with Gasteiger partial charge in [0.05, 0.1) is 18.1 Å². The molecule has 0 unspecified atom stereocenters. The van der Waals surface area contributed by atoms with E-state index in [2.05, 4.69) is 20.9 Å². The van der Waals surface area contributed by atoms with Crippen LogP contribution in [0.3, 0.4) is 0 Å². The van der Waals surface area contributed by atoms with Crippen LogP contribution < -0.4 is 11.3 Å². The molecular weight excluding hydrogens is 312 g/mol. The Labute approximate surface area is 140 Å². The highest BCUT2D eigenvalue weighted by molar-refractivity contribution is 7.99. The van der Waals surface area contributed by atoms with Gasteiger partial charge in [0, 0.05) is 31.1 Å². The second kappa shape index (κ2) is 7.61. The number of allylic oxidation sites excluding steroid dienone is 1. The quantitative estimate of drug-likeness (QED) is 0.611. The topological polar surface area (TPSA) is 95.2 Å². The normalized spacial score (nSPS) is 24.0. The minimum Gasteiger partial charge on any atom is -0.391 e. The summed E-state index contributed by atoms with van der Waals surface area (Å²) in [5, 5.41) is 10.3. The summed E-state index contributed by atoms with van der Waals surface area (Å²) in [6.45, 7) is 3.07. The Morgan fingerprint density at radius 1 is 1.48 bits per heavy atom. The van der Waals surface area contributed by atoms with Crippen LogP contribution in [-0.2, 0) is 6.42 Å². The Hall–Kier alpha value is -1.15. The van der Waals surface area contributed by atoms with Gasteiger partial charge in [-0.05, 0) is 36.5 Å². The number of fused-ring (bicyclic) bond motifs is 1. The molecule has 1 fully saturated rings. The lowest BCUT2D eigenvalue weighted by atomic mass is 10.1. The Morgan fingerprint density at radius 2 is 2.35 bits per heavy atom. The molecular formula is C16H24N4O2S. The summed E-state index contributed by atoms with van der Waals surface area (Å²) in [5.41, 5.74) is 8.15. The molecule has 0 amide bonds. The fraction of sp³-hybridized carbons (Fsp3) is 0.625. The Bertz CT molecular complexity index is 631. The van der Waals surface area contributed by atoms with Crippen LogP contribution in [0, 0.1) is 5.92 Å². The van der Waals surface area contributed by atoms with Gasteiger partial charge in [-0.25, -0.2) is 4.98 Å². The number of β-amino-alcohol motifs (C(OH)–C–C–N with tert-alkyl or cyclic N) is 1. The molecule has 6 nitrogen and oxygen atoms in total. The van der Waals surface area contributed by atoms with Crippen LogP contribution in [0.25, 0.3) is 5.57 Å². The largest absolute Gasteiger partial charge is 0.391 e. The molecule has 1 aromatic rings. The first-order valence-corrected chi connectivity index (χ1v) is 9.28. The third-order valence-electron chi connectivity index (χ3n) is 4.51. The van der Waals surface area contributed by atoms with Gasteiger partial charge in [0.25, 0.3) is 5.56 Å². The number of nitrogens with two attached hydrogens (primary N) is 1. The van der Waals surface area contributed by atoms with Gasteiger partial charge >= 0.3 is 0 Å². The molecule has 0 aromatic carbocycles. The van der Waals surface area contributed by atoms with E-state index in [-0.39, 0.29) is 11.7 Å². The number of nitrogens with one attached hydrogen (secondary N) is 1. The van der Waals surface area contributed by atoms with Crippen molar-refractivity contribution < 1.29 is 5.11 Å². The number of rotatable bonds is 7. The maximum atomic E-state index is 11.8.